The van der Waals surface area contributed by atoms with E-state index in [1.165, 1.54) is 6.07 Å². The lowest BCUT2D eigenvalue weighted by molar-refractivity contribution is 0.399. The molecular formula is C16H17F2NO. The van der Waals surface area contributed by atoms with E-state index >= 15 is 0 Å². The second kappa shape index (κ2) is 6.25. The number of hydrogen-bond donors (Lipinski definition) is 2. The van der Waals surface area contributed by atoms with Crippen LogP contribution in [0.25, 0.3) is 10.8 Å². The Kier molecular flexibility index (Phi) is 4.93. The Hall–Kier alpha value is -2.28. The van der Waals surface area contributed by atoms with Crippen LogP contribution in [0.4, 0.5) is 14.5 Å². The standard InChI is InChI=1S/C14H11F2NO.C2H6/c1-3-7-5-8(17)6-10-11(7)9(4-2)12(15)14(18)13(10)16;1-2/h2,5-6,18H,3,17H2,1H3;1-2H3. The molecule has 20 heavy (non-hydrogen) atoms. The third-order valence-corrected chi connectivity index (χ3v) is 2.89. The highest BCUT2D eigenvalue weighted by molar-refractivity contribution is 5.95. The summed E-state index contributed by atoms with van der Waals surface area (Å²) in [7, 11) is 0. The Balaban J connectivity index is 0.000000956. The van der Waals surface area contributed by atoms with E-state index in [0.29, 0.717) is 23.1 Å². The fraction of sp³-hybridized carbons (Fsp3) is 0.250. The van der Waals surface area contributed by atoms with Crippen LogP contribution in [0.3, 0.4) is 0 Å². The molecule has 2 aromatic carbocycles. The number of nitrogens with two attached hydrogens (primary N) is 1. The van der Waals surface area contributed by atoms with Crippen LogP contribution in [0.1, 0.15) is 31.9 Å². The first-order valence-corrected chi connectivity index (χ1v) is 6.39. The van der Waals surface area contributed by atoms with Crippen molar-refractivity contribution in [3.63, 3.8) is 0 Å². The third-order valence-electron chi connectivity index (χ3n) is 2.89. The molecular weight excluding hydrogens is 260 g/mol. The van der Waals surface area contributed by atoms with Crippen molar-refractivity contribution < 1.29 is 13.9 Å². The Bertz CT molecular complexity index is 687. The summed E-state index contributed by atoms with van der Waals surface area (Å²) >= 11 is 0. The molecule has 2 aromatic rings. The van der Waals surface area contributed by atoms with Crippen molar-refractivity contribution in [1.29, 1.82) is 0 Å². The Labute approximate surface area is 117 Å². The quantitative estimate of drug-likeness (QED) is 0.612. The molecule has 0 heterocycles. The SMILES string of the molecule is C#Cc1c(F)c(O)c(F)c2cc(N)cc(CC)c12.CC. The zero-order chi connectivity index (χ0) is 15.4. The van der Waals surface area contributed by atoms with Crippen LogP contribution in [0, 0.1) is 24.0 Å². The summed E-state index contributed by atoms with van der Waals surface area (Å²) < 4.78 is 27.6. The monoisotopic (exact) mass is 277 g/mol. The van der Waals surface area contributed by atoms with Crippen LogP contribution >= 0.6 is 0 Å². The molecule has 4 heteroatoms. The molecule has 0 spiro atoms. The second-order valence-corrected chi connectivity index (χ2v) is 3.95. The predicted molar refractivity (Wildman–Crippen MR) is 78.6 cm³/mol. The van der Waals surface area contributed by atoms with Crippen molar-refractivity contribution >= 4 is 16.5 Å². The molecule has 0 aliphatic heterocycles. The second-order valence-electron chi connectivity index (χ2n) is 3.95. The van der Waals surface area contributed by atoms with E-state index in [1.54, 1.807) is 6.07 Å². The lowest BCUT2D eigenvalue weighted by Crippen LogP contribution is -1.98. The lowest BCUT2D eigenvalue weighted by Gasteiger charge is -2.12. The maximum atomic E-state index is 13.9. The van der Waals surface area contributed by atoms with Gasteiger partial charge in [0.15, 0.2) is 17.4 Å². The van der Waals surface area contributed by atoms with Gasteiger partial charge in [0, 0.05) is 16.5 Å². The van der Waals surface area contributed by atoms with Crippen molar-refractivity contribution in [3.05, 3.63) is 34.9 Å². The van der Waals surface area contributed by atoms with E-state index in [9.17, 15) is 13.9 Å². The van der Waals surface area contributed by atoms with Gasteiger partial charge in [-0.1, -0.05) is 26.7 Å². The fourth-order valence-electron chi connectivity index (χ4n) is 2.06. The average Bonchev–Trinajstić information content (AvgIpc) is 2.47. The fourth-order valence-corrected chi connectivity index (χ4v) is 2.06. The van der Waals surface area contributed by atoms with Gasteiger partial charge in [-0.15, -0.1) is 6.42 Å². The summed E-state index contributed by atoms with van der Waals surface area (Å²) in [6.45, 7) is 5.83. The minimum absolute atomic E-state index is 0.0405. The van der Waals surface area contributed by atoms with Crippen LogP contribution in [-0.4, -0.2) is 5.11 Å². The number of anilines is 1. The molecule has 0 atom stereocenters. The van der Waals surface area contributed by atoms with Crippen LogP contribution in [0.15, 0.2) is 12.1 Å². The smallest absolute Gasteiger partial charge is 0.189 e. The number of halogens is 2. The van der Waals surface area contributed by atoms with Gasteiger partial charge in [-0.3, -0.25) is 0 Å². The van der Waals surface area contributed by atoms with Crippen molar-refractivity contribution in [1.82, 2.24) is 0 Å². The number of phenols is 1. The first-order valence-electron chi connectivity index (χ1n) is 6.39. The van der Waals surface area contributed by atoms with Gasteiger partial charge in [-0.2, -0.15) is 0 Å². The van der Waals surface area contributed by atoms with Crippen LogP contribution in [0.2, 0.25) is 0 Å². The number of benzene rings is 2. The average molecular weight is 277 g/mol. The van der Waals surface area contributed by atoms with E-state index in [1.807, 2.05) is 20.8 Å². The van der Waals surface area contributed by atoms with Crippen molar-refractivity contribution in [2.24, 2.45) is 0 Å². The summed E-state index contributed by atoms with van der Waals surface area (Å²) in [5.41, 5.74) is 6.51. The molecule has 0 aliphatic rings. The highest BCUT2D eigenvalue weighted by Crippen LogP contribution is 2.35. The van der Waals surface area contributed by atoms with Crippen molar-refractivity contribution in [2.45, 2.75) is 27.2 Å². The zero-order valence-electron chi connectivity index (χ0n) is 11.7. The van der Waals surface area contributed by atoms with Crippen LogP contribution in [0.5, 0.6) is 5.75 Å². The molecule has 0 amide bonds. The highest BCUT2D eigenvalue weighted by atomic mass is 19.1. The van der Waals surface area contributed by atoms with E-state index < -0.39 is 17.4 Å². The number of terminal acetylenes is 1. The number of aromatic hydroxyl groups is 1. The summed E-state index contributed by atoms with van der Waals surface area (Å²) in [6.07, 6.45) is 5.77. The molecule has 2 nitrogen and oxygen atoms in total. The van der Waals surface area contributed by atoms with Crippen LogP contribution in [-0.2, 0) is 6.42 Å². The summed E-state index contributed by atoms with van der Waals surface area (Å²) in [5.74, 6) is -1.06. The van der Waals surface area contributed by atoms with Crippen molar-refractivity contribution in [3.8, 4) is 18.1 Å². The summed E-state index contributed by atoms with van der Waals surface area (Å²) in [6, 6.07) is 2.96. The third kappa shape index (κ3) is 2.39. The largest absolute Gasteiger partial charge is 0.503 e. The molecule has 0 bridgehead atoms. The maximum Gasteiger partial charge on any atom is 0.189 e. The molecule has 0 aliphatic carbocycles. The van der Waals surface area contributed by atoms with E-state index in [2.05, 4.69) is 5.92 Å². The lowest BCUT2D eigenvalue weighted by atomic mass is 9.96. The molecule has 0 radical (unpaired) electrons. The minimum Gasteiger partial charge on any atom is -0.503 e. The molecule has 0 aromatic heterocycles. The Morgan fingerprint density at radius 3 is 2.35 bits per heavy atom. The van der Waals surface area contributed by atoms with Gasteiger partial charge in [0.25, 0.3) is 0 Å². The molecule has 0 fully saturated rings. The molecule has 0 saturated carbocycles. The zero-order valence-corrected chi connectivity index (χ0v) is 11.7. The van der Waals surface area contributed by atoms with Gasteiger partial charge in [0.05, 0.1) is 5.56 Å². The van der Waals surface area contributed by atoms with Crippen LogP contribution < -0.4 is 5.73 Å². The highest BCUT2D eigenvalue weighted by Gasteiger charge is 2.20. The molecule has 0 saturated heterocycles. The van der Waals surface area contributed by atoms with Gasteiger partial charge >= 0.3 is 0 Å². The van der Waals surface area contributed by atoms with E-state index in [0.717, 1.165) is 0 Å². The molecule has 0 unspecified atom stereocenters. The molecule has 106 valence electrons. The topological polar surface area (TPSA) is 46.2 Å². The first-order chi connectivity index (χ1) is 9.51. The number of fused-ring (bicyclic) bond motifs is 1. The number of hydrogen-bond acceptors (Lipinski definition) is 2. The van der Waals surface area contributed by atoms with Gasteiger partial charge in [0.1, 0.15) is 0 Å². The Morgan fingerprint density at radius 1 is 1.25 bits per heavy atom. The Morgan fingerprint density at radius 2 is 1.85 bits per heavy atom. The normalized spacial score (nSPS) is 9.80. The number of nitrogen functional groups attached to an aromatic ring is 1. The number of phenolic OH excluding ortho intramolecular Hbond substituents is 1. The number of aryl methyl sites for hydroxylation is 1. The van der Waals surface area contributed by atoms with E-state index in [-0.39, 0.29) is 10.9 Å². The van der Waals surface area contributed by atoms with Crippen molar-refractivity contribution in [2.75, 3.05) is 5.73 Å². The van der Waals surface area contributed by atoms with Gasteiger partial charge in [-0.05, 0) is 24.1 Å². The van der Waals surface area contributed by atoms with Gasteiger partial charge in [-0.25, -0.2) is 8.78 Å². The van der Waals surface area contributed by atoms with Gasteiger partial charge < -0.3 is 10.8 Å². The minimum atomic E-state index is -1.11. The van der Waals surface area contributed by atoms with E-state index in [4.69, 9.17) is 12.2 Å². The molecule has 2 rings (SSSR count). The maximum absolute atomic E-state index is 13.9. The molecule has 3 N–H and O–H groups in total. The summed E-state index contributed by atoms with van der Waals surface area (Å²) in [5, 5.41) is 9.72. The predicted octanol–water partition coefficient (Wildman–Crippen LogP) is 3.98. The number of rotatable bonds is 1. The van der Waals surface area contributed by atoms with Gasteiger partial charge in [0.2, 0.25) is 0 Å². The first kappa shape index (κ1) is 15.8. The summed E-state index contributed by atoms with van der Waals surface area (Å²) in [4.78, 5) is 0.